The summed E-state index contributed by atoms with van der Waals surface area (Å²) in [4.78, 5) is 21.7. The molecule has 0 aliphatic carbocycles. The molecule has 2 heterocycles. The summed E-state index contributed by atoms with van der Waals surface area (Å²) in [5.74, 6) is 0.688. The van der Waals surface area contributed by atoms with Crippen LogP contribution in [0.15, 0.2) is 0 Å². The Morgan fingerprint density at radius 3 is 0.950 bits per heavy atom. The third-order valence-corrected chi connectivity index (χ3v) is 14.5. The Kier molecular flexibility index (Phi) is 28.8. The number of ketones is 2. The van der Waals surface area contributed by atoms with E-state index >= 15 is 0 Å². The van der Waals surface area contributed by atoms with Gasteiger partial charge in [0.25, 0.3) is 0 Å². The van der Waals surface area contributed by atoms with E-state index in [-0.39, 0.29) is 35.8 Å². The number of hydrogen-bond acceptors (Lipinski definition) is 10. The topological polar surface area (TPSA) is 197 Å². The molecule has 60 heavy (non-hydrogen) atoms. The number of carbonyl (C=O) groups excluding carboxylic acids is 2. The van der Waals surface area contributed by atoms with Gasteiger partial charge in [-0.25, -0.2) is 33.7 Å². The molecule has 2 aliphatic rings. The number of likely N-dealkylation sites (tertiary alicyclic amines) is 2. The summed E-state index contributed by atoms with van der Waals surface area (Å²) in [6.45, 7) is 18.3. The third kappa shape index (κ3) is 23.8. The molecule has 2 rings (SSSR count). The molecule has 0 amide bonds. The maximum absolute atomic E-state index is 11.5. The van der Waals surface area contributed by atoms with Crippen LogP contribution < -0.4 is 40.0 Å². The summed E-state index contributed by atoms with van der Waals surface area (Å²) in [7, 11) is -26.6. The molecule has 0 unspecified atom stereocenters. The Hall–Kier alpha value is -0.783. The predicted octanol–water partition coefficient (Wildman–Crippen LogP) is 0.0949. The van der Waals surface area contributed by atoms with Gasteiger partial charge in [-0.15, -0.1) is 0 Å². The standard InChI is InChI=1S/2C12H24NO.C2HF6NO4S2.C2F6NO4S2.BrH.Li/c2*1-3-13(9-5-4-6-10-13)11-7-8-12(2)14;2*3-1(4,5)14(10,11)9-15(12,13)2(6,7)8;;/h2*3-11H2,1-2H3;9H;;1H;/q2*+1;;-1;;+1/p-1. The van der Waals surface area contributed by atoms with Crippen LogP contribution in [0.3, 0.4) is 0 Å². The van der Waals surface area contributed by atoms with Crippen molar-refractivity contribution < 1.29 is 141 Å². The van der Waals surface area contributed by atoms with E-state index in [9.17, 15) is 95.9 Å². The van der Waals surface area contributed by atoms with Gasteiger partial charge in [0.05, 0.1) is 52.4 Å². The second-order valence-corrected chi connectivity index (χ2v) is 20.3. The minimum Gasteiger partial charge on any atom is -1.00 e. The fraction of sp³-hybridized carbons (Fsp3) is 0.929. The van der Waals surface area contributed by atoms with E-state index in [0.717, 1.165) is 29.8 Å². The molecule has 2 aliphatic heterocycles. The number of nitrogens with zero attached hydrogens (tertiary/aromatic N) is 3. The van der Waals surface area contributed by atoms with E-state index in [1.165, 1.54) is 99.8 Å². The van der Waals surface area contributed by atoms with Crippen LogP contribution in [-0.4, -0.2) is 129 Å². The van der Waals surface area contributed by atoms with Crippen LogP contribution in [0.2, 0.25) is 0 Å². The summed E-state index contributed by atoms with van der Waals surface area (Å²) >= 11 is 0. The van der Waals surface area contributed by atoms with E-state index in [1.807, 2.05) is 0 Å². The summed E-state index contributed by atoms with van der Waals surface area (Å²) < 4.78 is 220. The van der Waals surface area contributed by atoms with Crippen molar-refractivity contribution in [2.45, 2.75) is 114 Å². The molecule has 1 N–H and O–H groups in total. The van der Waals surface area contributed by atoms with E-state index in [1.54, 1.807) is 13.8 Å². The van der Waals surface area contributed by atoms with Crippen molar-refractivity contribution in [3.05, 3.63) is 4.13 Å². The number of quaternary nitrogens is 2. The fourth-order valence-electron chi connectivity index (χ4n) is 5.54. The average molecular weight is 1040 g/mol. The smallest absolute Gasteiger partial charge is 1.00 e. The second-order valence-electron chi connectivity index (χ2n) is 13.3. The quantitative estimate of drug-likeness (QED) is 0.142. The molecular weight excluding hydrogens is 995 g/mol. The number of carbonyl (C=O) groups is 2. The zero-order valence-electron chi connectivity index (χ0n) is 33.2. The monoisotopic (exact) mass is 1040 g/mol. The summed E-state index contributed by atoms with van der Waals surface area (Å²) in [5.41, 5.74) is -24.7. The molecule has 0 atom stereocenters. The number of sulfonamides is 4. The van der Waals surface area contributed by atoms with Crippen molar-refractivity contribution in [3.63, 3.8) is 0 Å². The van der Waals surface area contributed by atoms with Crippen molar-refractivity contribution in [1.82, 2.24) is 4.13 Å². The zero-order chi connectivity index (χ0) is 46.3. The van der Waals surface area contributed by atoms with Gasteiger partial charge in [0.15, 0.2) is 20.0 Å². The molecule has 32 heteroatoms. The van der Waals surface area contributed by atoms with Gasteiger partial charge in [0, 0.05) is 25.7 Å². The first-order valence-electron chi connectivity index (χ1n) is 17.3. The molecule has 0 aromatic rings. The number of halogens is 13. The molecule has 2 fully saturated rings. The van der Waals surface area contributed by atoms with Crippen molar-refractivity contribution in [2.24, 2.45) is 0 Å². The van der Waals surface area contributed by atoms with Gasteiger partial charge in [-0.2, -0.15) is 52.7 Å². The molecule has 356 valence electrons. The minimum absolute atomic E-state index is 0. The Morgan fingerprint density at radius 2 is 0.767 bits per heavy atom. The normalized spacial score (nSPS) is 17.3. The average Bonchev–Trinajstić information content (AvgIpc) is 3.03. The Morgan fingerprint density at radius 1 is 0.517 bits per heavy atom. The van der Waals surface area contributed by atoms with Gasteiger partial charge in [0.2, 0.25) is 0 Å². The van der Waals surface area contributed by atoms with Crippen LogP contribution >= 0.6 is 0 Å². The van der Waals surface area contributed by atoms with Gasteiger partial charge in [-0.05, 0) is 66.2 Å². The zero-order valence-corrected chi connectivity index (χ0v) is 38.1. The summed E-state index contributed by atoms with van der Waals surface area (Å²) in [6, 6.07) is 0. The van der Waals surface area contributed by atoms with Gasteiger partial charge >= 0.3 is 60.9 Å². The van der Waals surface area contributed by atoms with Crippen molar-refractivity contribution >= 4 is 51.7 Å². The summed E-state index contributed by atoms with van der Waals surface area (Å²) in [6.07, 6.45) is 12.1. The predicted molar refractivity (Wildman–Crippen MR) is 185 cm³/mol. The molecule has 0 aromatic carbocycles. The van der Waals surface area contributed by atoms with Crippen LogP contribution in [0.4, 0.5) is 52.7 Å². The first-order chi connectivity index (χ1) is 25.8. The Balaban J connectivity index is -0.000000345. The fourth-order valence-corrected chi connectivity index (χ4v) is 9.16. The first-order valence-corrected chi connectivity index (χ1v) is 23.1. The SMILES string of the molecule is CC[N+]1(CCCC(C)=O)CCCCC1.CC[N+]1(CCCC(C)=O)CCCCC1.O=S(=O)(NS(=O)(=O)C(F)(F)F)C(F)(F)F.O=S(=O)([N-]S(=O)(=O)C(F)(F)F)C(F)(F)F.[Br-].[Li+]. The Bertz CT molecular complexity index is 1540. The number of rotatable bonds is 14. The van der Waals surface area contributed by atoms with Crippen LogP contribution in [-0.2, 0) is 49.7 Å². The maximum Gasteiger partial charge on any atom is 1.00 e. The van der Waals surface area contributed by atoms with Crippen molar-refractivity contribution in [3.8, 4) is 0 Å². The van der Waals surface area contributed by atoms with Crippen LogP contribution in [0.1, 0.15) is 91.9 Å². The maximum atomic E-state index is 11.5. The van der Waals surface area contributed by atoms with E-state index < -0.39 is 66.3 Å². The van der Waals surface area contributed by atoms with Gasteiger partial charge in [0.1, 0.15) is 11.6 Å². The van der Waals surface area contributed by atoms with Gasteiger partial charge in [-0.3, -0.25) is 0 Å². The molecule has 0 bridgehead atoms. The van der Waals surface area contributed by atoms with Crippen molar-refractivity contribution in [1.29, 1.82) is 0 Å². The molecule has 14 nitrogen and oxygen atoms in total. The molecule has 0 spiro atoms. The number of Topliss-reactive ketones (excluding diaryl/α,β-unsaturated/α-hetero) is 2. The molecule has 0 saturated carbocycles. The van der Waals surface area contributed by atoms with Crippen LogP contribution in [0.25, 0.3) is 4.13 Å². The third-order valence-electron chi connectivity index (χ3n) is 8.80. The molecule has 0 radical (unpaired) electrons. The van der Waals surface area contributed by atoms with E-state index in [2.05, 4.69) is 13.8 Å². The van der Waals surface area contributed by atoms with E-state index in [0.29, 0.717) is 11.6 Å². The molecule has 0 aromatic heterocycles. The largest absolute Gasteiger partial charge is 1.00 e. The van der Waals surface area contributed by atoms with Gasteiger partial charge in [-0.1, -0.05) is 4.13 Å². The number of piperidine rings is 2. The van der Waals surface area contributed by atoms with E-state index in [4.69, 9.17) is 0 Å². The van der Waals surface area contributed by atoms with Gasteiger partial charge < -0.3 is 39.7 Å². The van der Waals surface area contributed by atoms with Crippen LogP contribution in [0.5, 0.6) is 0 Å². The van der Waals surface area contributed by atoms with Crippen molar-refractivity contribution in [2.75, 3.05) is 52.4 Å². The first kappa shape index (κ1) is 65.8. The minimum atomic E-state index is -6.72. The molecule has 2 saturated heterocycles. The second kappa shape index (κ2) is 26.2. The summed E-state index contributed by atoms with van der Waals surface area (Å²) in [5, 5.41) is 0. The van der Waals surface area contributed by atoms with Crippen LogP contribution in [0, 0.1) is 0 Å². The Labute approximate surface area is 365 Å². The number of alkyl halides is 12. The number of hydrogen-bond donors (Lipinski definition) is 1. The molecular formula is C28H49BrF12LiN4O10S4+. The number of nitrogens with one attached hydrogen (secondary N) is 1.